The van der Waals surface area contributed by atoms with Crippen molar-refractivity contribution in [2.24, 2.45) is 0 Å². The van der Waals surface area contributed by atoms with Crippen LogP contribution in [0.5, 0.6) is 5.75 Å². The molecule has 0 atom stereocenters. The zero-order valence-electron chi connectivity index (χ0n) is 22.6. The number of anilines is 1. The number of halogens is 1. The SMILES string of the molecule is COc1ccccc1N(C(=O)CN1CCN(CCCCc2c[nH]c3ccc(F)cc23)CC1)C1CCCCC1. The van der Waals surface area contributed by atoms with E-state index in [0.717, 1.165) is 87.2 Å². The Labute approximate surface area is 225 Å². The van der Waals surface area contributed by atoms with E-state index in [-0.39, 0.29) is 17.8 Å². The number of H-pyrrole nitrogens is 1. The Morgan fingerprint density at radius 2 is 1.79 bits per heavy atom. The summed E-state index contributed by atoms with van der Waals surface area (Å²) in [6, 6.07) is 13.1. The summed E-state index contributed by atoms with van der Waals surface area (Å²) in [5.74, 6) is 0.776. The number of aromatic amines is 1. The molecule has 1 aromatic heterocycles. The number of methoxy groups -OCH3 is 1. The smallest absolute Gasteiger partial charge is 0.241 e. The van der Waals surface area contributed by atoms with Crippen molar-refractivity contribution >= 4 is 22.5 Å². The second kappa shape index (κ2) is 12.8. The average molecular weight is 521 g/mol. The molecule has 204 valence electrons. The second-order valence-corrected chi connectivity index (χ2v) is 10.8. The normalized spacial score (nSPS) is 17.6. The Kier molecular flexibility index (Phi) is 8.97. The van der Waals surface area contributed by atoms with Gasteiger partial charge in [0.15, 0.2) is 0 Å². The summed E-state index contributed by atoms with van der Waals surface area (Å²) in [5, 5.41) is 0.999. The number of nitrogens with one attached hydrogen (secondary N) is 1. The summed E-state index contributed by atoms with van der Waals surface area (Å²) < 4.78 is 19.3. The van der Waals surface area contributed by atoms with Gasteiger partial charge in [-0.15, -0.1) is 0 Å². The van der Waals surface area contributed by atoms with Gasteiger partial charge in [0.2, 0.25) is 5.91 Å². The van der Waals surface area contributed by atoms with Crippen LogP contribution in [0.15, 0.2) is 48.7 Å². The first-order valence-corrected chi connectivity index (χ1v) is 14.3. The highest BCUT2D eigenvalue weighted by Crippen LogP contribution is 2.34. The molecule has 1 saturated carbocycles. The van der Waals surface area contributed by atoms with Crippen molar-refractivity contribution in [3.05, 3.63) is 60.0 Å². The van der Waals surface area contributed by atoms with Crippen LogP contribution in [0.3, 0.4) is 0 Å². The molecule has 0 unspecified atom stereocenters. The van der Waals surface area contributed by atoms with Gasteiger partial charge in [-0.1, -0.05) is 31.4 Å². The predicted molar refractivity (Wildman–Crippen MR) is 151 cm³/mol. The number of amides is 1. The van der Waals surface area contributed by atoms with Crippen LogP contribution in [0.1, 0.15) is 50.5 Å². The Bertz CT molecular complexity index is 1200. The molecule has 0 bridgehead atoms. The molecular formula is C31H41FN4O2. The van der Waals surface area contributed by atoms with E-state index in [1.165, 1.54) is 30.9 Å². The third-order valence-electron chi connectivity index (χ3n) is 8.28. The minimum Gasteiger partial charge on any atom is -0.495 e. The Morgan fingerprint density at radius 1 is 1.03 bits per heavy atom. The number of para-hydroxylation sites is 2. The van der Waals surface area contributed by atoms with Crippen molar-refractivity contribution in [2.45, 2.75) is 57.4 Å². The molecule has 2 aromatic carbocycles. The van der Waals surface area contributed by atoms with Crippen molar-refractivity contribution < 1.29 is 13.9 Å². The van der Waals surface area contributed by atoms with E-state index in [1.807, 2.05) is 41.4 Å². The number of hydrogen-bond acceptors (Lipinski definition) is 4. The summed E-state index contributed by atoms with van der Waals surface area (Å²) in [5.41, 5.74) is 3.10. The molecule has 2 fully saturated rings. The molecule has 1 aliphatic carbocycles. The van der Waals surface area contributed by atoms with Crippen LogP contribution < -0.4 is 9.64 Å². The second-order valence-electron chi connectivity index (χ2n) is 10.8. The molecule has 5 rings (SSSR count). The fourth-order valence-electron chi connectivity index (χ4n) is 6.15. The number of ether oxygens (including phenoxy) is 1. The van der Waals surface area contributed by atoms with Crippen molar-refractivity contribution in [1.29, 1.82) is 0 Å². The molecule has 1 N–H and O–H groups in total. The van der Waals surface area contributed by atoms with E-state index in [1.54, 1.807) is 13.2 Å². The zero-order valence-corrected chi connectivity index (χ0v) is 22.6. The van der Waals surface area contributed by atoms with E-state index in [0.29, 0.717) is 6.54 Å². The van der Waals surface area contributed by atoms with Gasteiger partial charge >= 0.3 is 0 Å². The number of unbranched alkanes of at least 4 members (excludes halogenated alkanes) is 1. The predicted octanol–water partition coefficient (Wildman–Crippen LogP) is 5.62. The van der Waals surface area contributed by atoms with E-state index < -0.39 is 0 Å². The van der Waals surface area contributed by atoms with E-state index in [4.69, 9.17) is 4.74 Å². The summed E-state index contributed by atoms with van der Waals surface area (Å²) in [6.45, 7) is 5.33. The highest BCUT2D eigenvalue weighted by molar-refractivity contribution is 5.96. The van der Waals surface area contributed by atoms with Gasteiger partial charge in [-0.25, -0.2) is 4.39 Å². The van der Waals surface area contributed by atoms with Crippen LogP contribution in [0, 0.1) is 5.82 Å². The van der Waals surface area contributed by atoms with Crippen LogP contribution in [0.25, 0.3) is 10.9 Å². The zero-order chi connectivity index (χ0) is 26.3. The summed E-state index contributed by atoms with van der Waals surface area (Å²) in [4.78, 5) is 23.8. The average Bonchev–Trinajstić information content (AvgIpc) is 3.35. The molecule has 38 heavy (non-hydrogen) atoms. The third-order valence-corrected chi connectivity index (χ3v) is 8.28. The first kappa shape index (κ1) is 26.7. The lowest BCUT2D eigenvalue weighted by atomic mass is 9.93. The maximum absolute atomic E-state index is 13.7. The largest absolute Gasteiger partial charge is 0.495 e. The minimum absolute atomic E-state index is 0.181. The van der Waals surface area contributed by atoms with Gasteiger partial charge in [0.05, 0.1) is 19.3 Å². The van der Waals surface area contributed by atoms with E-state index >= 15 is 0 Å². The minimum atomic E-state index is -0.181. The lowest BCUT2D eigenvalue weighted by Crippen LogP contribution is -2.52. The number of nitrogens with zero attached hydrogens (tertiary/aromatic N) is 3. The molecule has 3 aromatic rings. The topological polar surface area (TPSA) is 51.8 Å². The first-order chi connectivity index (χ1) is 18.6. The highest BCUT2D eigenvalue weighted by atomic mass is 19.1. The molecule has 0 spiro atoms. The number of fused-ring (bicyclic) bond motifs is 1. The van der Waals surface area contributed by atoms with E-state index in [2.05, 4.69) is 14.8 Å². The highest BCUT2D eigenvalue weighted by Gasteiger charge is 2.30. The quantitative estimate of drug-likeness (QED) is 0.353. The number of aryl methyl sites for hydroxylation is 1. The van der Waals surface area contributed by atoms with Crippen molar-refractivity contribution in [3.63, 3.8) is 0 Å². The molecule has 1 aliphatic heterocycles. The number of hydrogen-bond donors (Lipinski definition) is 1. The van der Waals surface area contributed by atoms with Gasteiger partial charge in [0, 0.05) is 49.3 Å². The Morgan fingerprint density at radius 3 is 2.58 bits per heavy atom. The lowest BCUT2D eigenvalue weighted by molar-refractivity contribution is -0.120. The summed E-state index contributed by atoms with van der Waals surface area (Å²) in [6.07, 6.45) is 10.9. The van der Waals surface area contributed by atoms with Gasteiger partial charge in [-0.05, 0) is 74.5 Å². The Balaban J connectivity index is 1.10. The molecule has 6 nitrogen and oxygen atoms in total. The number of carbonyl (C=O) groups excluding carboxylic acids is 1. The van der Waals surface area contributed by atoms with Crippen molar-refractivity contribution in [1.82, 2.24) is 14.8 Å². The number of rotatable bonds is 10. The lowest BCUT2D eigenvalue weighted by Gasteiger charge is -2.38. The van der Waals surface area contributed by atoms with E-state index in [9.17, 15) is 9.18 Å². The third kappa shape index (κ3) is 6.38. The molecule has 1 saturated heterocycles. The fourth-order valence-corrected chi connectivity index (χ4v) is 6.15. The standard InChI is InChI=1S/C31H41FN4O2/c1-38-30-13-6-5-12-29(30)36(26-10-3-2-4-11-26)31(37)23-35-19-17-34(18-20-35)16-8-7-9-24-22-33-28-15-14-25(32)21-27(24)28/h5-6,12-15,21-22,26,33H,2-4,7-11,16-20,23H2,1H3. The van der Waals surface area contributed by atoms with Gasteiger partial charge in [0.1, 0.15) is 11.6 Å². The molecule has 0 radical (unpaired) electrons. The van der Waals surface area contributed by atoms with Gasteiger partial charge in [0.25, 0.3) is 0 Å². The van der Waals surface area contributed by atoms with Crippen LogP contribution in [-0.4, -0.2) is 73.1 Å². The molecule has 7 heteroatoms. The number of piperazine rings is 1. The fraction of sp³-hybridized carbons (Fsp3) is 0.516. The summed E-state index contributed by atoms with van der Waals surface area (Å²) >= 11 is 0. The Hall–Kier alpha value is -2.90. The summed E-state index contributed by atoms with van der Waals surface area (Å²) in [7, 11) is 1.68. The molecular weight excluding hydrogens is 479 g/mol. The molecule has 1 amide bonds. The number of aromatic nitrogens is 1. The van der Waals surface area contributed by atoms with Crippen LogP contribution in [0.4, 0.5) is 10.1 Å². The van der Waals surface area contributed by atoms with Crippen molar-refractivity contribution in [3.8, 4) is 5.75 Å². The van der Waals surface area contributed by atoms with Gasteiger partial charge in [-0.3, -0.25) is 9.69 Å². The number of benzene rings is 2. The monoisotopic (exact) mass is 520 g/mol. The first-order valence-electron chi connectivity index (χ1n) is 14.3. The maximum Gasteiger partial charge on any atom is 0.241 e. The van der Waals surface area contributed by atoms with Crippen LogP contribution in [0.2, 0.25) is 0 Å². The van der Waals surface area contributed by atoms with Crippen LogP contribution >= 0.6 is 0 Å². The van der Waals surface area contributed by atoms with Gasteiger partial charge < -0.3 is 19.5 Å². The maximum atomic E-state index is 13.7. The van der Waals surface area contributed by atoms with Crippen molar-refractivity contribution in [2.75, 3.05) is 51.3 Å². The van der Waals surface area contributed by atoms with Gasteiger partial charge in [-0.2, -0.15) is 0 Å². The molecule has 2 aliphatic rings. The molecule has 2 heterocycles. The van der Waals surface area contributed by atoms with Crippen LogP contribution in [-0.2, 0) is 11.2 Å². The number of carbonyl (C=O) groups is 1.